The van der Waals surface area contributed by atoms with E-state index in [1.807, 2.05) is 9.80 Å². The van der Waals surface area contributed by atoms with Gasteiger partial charge in [0.1, 0.15) is 0 Å². The molecule has 2 fully saturated rings. The van der Waals surface area contributed by atoms with Crippen molar-refractivity contribution in [3.05, 3.63) is 59.7 Å². The maximum atomic E-state index is 12.7. The number of amides is 4. The second kappa shape index (κ2) is 13.4. The van der Waals surface area contributed by atoms with Crippen LogP contribution in [-0.4, -0.2) is 59.6 Å². The molecule has 4 rings (SSSR count). The van der Waals surface area contributed by atoms with E-state index >= 15 is 0 Å². The van der Waals surface area contributed by atoms with E-state index in [0.29, 0.717) is 40.8 Å². The van der Waals surface area contributed by atoms with Gasteiger partial charge in [-0.2, -0.15) is 0 Å². The Morgan fingerprint density at radius 3 is 1.28 bits per heavy atom. The van der Waals surface area contributed by atoms with Crippen molar-refractivity contribution in [3.63, 3.8) is 0 Å². The molecule has 208 valence electrons. The van der Waals surface area contributed by atoms with Gasteiger partial charge in [0.25, 0.3) is 11.8 Å². The van der Waals surface area contributed by atoms with Crippen LogP contribution in [0.3, 0.4) is 0 Å². The predicted octanol–water partition coefficient (Wildman–Crippen LogP) is 5.18. The number of anilines is 2. The van der Waals surface area contributed by atoms with Crippen molar-refractivity contribution in [1.82, 2.24) is 9.80 Å². The Labute approximate surface area is 231 Å². The standard InChI is InChI=1S/C31H40N4O4/c1-22-14-18-34(19-15-22)30(38)24-6-10-26(11-7-24)32-28(36)4-3-5-29(37)33-27-12-8-25(9-13-27)31(39)35-20-16-23(2)17-21-35/h6-13,22-23H,3-5,14-21H2,1-2H3,(H,32,36)(H,33,37). The molecule has 0 unspecified atom stereocenters. The number of benzene rings is 2. The third-order valence-corrected chi connectivity index (χ3v) is 7.78. The molecule has 2 aliphatic rings. The molecule has 0 saturated carbocycles. The summed E-state index contributed by atoms with van der Waals surface area (Å²) in [5, 5.41) is 5.66. The van der Waals surface area contributed by atoms with Crippen LogP contribution in [0.5, 0.6) is 0 Å². The Balaban J connectivity index is 1.15. The fourth-order valence-corrected chi connectivity index (χ4v) is 5.04. The molecule has 8 heteroatoms. The first-order valence-electron chi connectivity index (χ1n) is 14.2. The zero-order chi connectivity index (χ0) is 27.8. The highest BCUT2D eigenvalue weighted by Crippen LogP contribution is 2.21. The monoisotopic (exact) mass is 532 g/mol. The number of hydrogen-bond acceptors (Lipinski definition) is 4. The summed E-state index contributed by atoms with van der Waals surface area (Å²) in [5.41, 5.74) is 2.50. The molecule has 2 saturated heterocycles. The maximum absolute atomic E-state index is 12.7. The van der Waals surface area contributed by atoms with Gasteiger partial charge < -0.3 is 20.4 Å². The fourth-order valence-electron chi connectivity index (χ4n) is 5.04. The summed E-state index contributed by atoms with van der Waals surface area (Å²) < 4.78 is 0. The van der Waals surface area contributed by atoms with Crippen LogP contribution in [0.1, 0.15) is 79.5 Å². The Morgan fingerprint density at radius 2 is 0.949 bits per heavy atom. The largest absolute Gasteiger partial charge is 0.339 e. The zero-order valence-corrected chi connectivity index (χ0v) is 23.1. The van der Waals surface area contributed by atoms with Crippen molar-refractivity contribution in [2.24, 2.45) is 11.8 Å². The SMILES string of the molecule is CC1CCN(C(=O)c2ccc(NC(=O)CCCC(=O)Nc3ccc(C(=O)N4CCC(C)CC4)cc3)cc2)CC1. The lowest BCUT2D eigenvalue weighted by Crippen LogP contribution is -2.37. The molecule has 39 heavy (non-hydrogen) atoms. The molecule has 0 bridgehead atoms. The average molecular weight is 533 g/mol. The topological polar surface area (TPSA) is 98.8 Å². The van der Waals surface area contributed by atoms with Gasteiger partial charge in [0.05, 0.1) is 0 Å². The minimum Gasteiger partial charge on any atom is -0.339 e. The van der Waals surface area contributed by atoms with Crippen LogP contribution in [0, 0.1) is 11.8 Å². The second-order valence-electron chi connectivity index (χ2n) is 11.1. The van der Waals surface area contributed by atoms with Crippen LogP contribution in [0.15, 0.2) is 48.5 Å². The normalized spacial score (nSPS) is 16.6. The number of likely N-dealkylation sites (tertiary alicyclic amines) is 2. The lowest BCUT2D eigenvalue weighted by atomic mass is 9.98. The highest BCUT2D eigenvalue weighted by atomic mass is 16.2. The quantitative estimate of drug-likeness (QED) is 0.490. The summed E-state index contributed by atoms with van der Waals surface area (Å²) in [6, 6.07) is 13.9. The van der Waals surface area contributed by atoms with Gasteiger partial charge in [0.15, 0.2) is 0 Å². The second-order valence-corrected chi connectivity index (χ2v) is 11.1. The molecule has 0 spiro atoms. The third kappa shape index (κ3) is 8.15. The van der Waals surface area contributed by atoms with Gasteiger partial charge in [0.2, 0.25) is 11.8 Å². The Kier molecular flexibility index (Phi) is 9.74. The van der Waals surface area contributed by atoms with Crippen LogP contribution in [0.25, 0.3) is 0 Å². The van der Waals surface area contributed by atoms with Crippen molar-refractivity contribution >= 4 is 35.0 Å². The lowest BCUT2D eigenvalue weighted by molar-refractivity contribution is -0.117. The van der Waals surface area contributed by atoms with E-state index < -0.39 is 0 Å². The first-order valence-corrected chi connectivity index (χ1v) is 14.2. The Hall–Kier alpha value is -3.68. The fraction of sp³-hybridized carbons (Fsp3) is 0.484. The number of rotatable bonds is 8. The van der Waals surface area contributed by atoms with Gasteiger partial charge in [-0.1, -0.05) is 13.8 Å². The molecule has 0 aliphatic carbocycles. The number of nitrogens with one attached hydrogen (secondary N) is 2. The molecule has 2 heterocycles. The molecule has 2 aromatic rings. The highest BCUT2D eigenvalue weighted by molar-refractivity contribution is 5.97. The van der Waals surface area contributed by atoms with Gasteiger partial charge >= 0.3 is 0 Å². The molecule has 2 aromatic carbocycles. The summed E-state index contributed by atoms with van der Waals surface area (Å²) in [5.74, 6) is 1.03. The predicted molar refractivity (Wildman–Crippen MR) is 153 cm³/mol. The molecular formula is C31H40N4O4. The van der Waals surface area contributed by atoms with Crippen LogP contribution in [0.2, 0.25) is 0 Å². The van der Waals surface area contributed by atoms with E-state index in [1.54, 1.807) is 48.5 Å². The smallest absolute Gasteiger partial charge is 0.253 e. The molecule has 2 N–H and O–H groups in total. The van der Waals surface area contributed by atoms with Crippen LogP contribution < -0.4 is 10.6 Å². The highest BCUT2D eigenvalue weighted by Gasteiger charge is 2.22. The van der Waals surface area contributed by atoms with E-state index in [4.69, 9.17) is 0 Å². The zero-order valence-electron chi connectivity index (χ0n) is 23.1. The van der Waals surface area contributed by atoms with Gasteiger partial charge in [0, 0.05) is 61.5 Å². The molecular weight excluding hydrogens is 492 g/mol. The molecule has 0 atom stereocenters. The summed E-state index contributed by atoms with van der Waals surface area (Å²) in [4.78, 5) is 53.8. The summed E-state index contributed by atoms with van der Waals surface area (Å²) >= 11 is 0. The van der Waals surface area contributed by atoms with Crippen molar-refractivity contribution in [2.75, 3.05) is 36.8 Å². The van der Waals surface area contributed by atoms with E-state index in [2.05, 4.69) is 24.5 Å². The van der Waals surface area contributed by atoms with E-state index in [-0.39, 0.29) is 36.5 Å². The lowest BCUT2D eigenvalue weighted by Gasteiger charge is -2.30. The number of nitrogens with zero attached hydrogens (tertiary/aromatic N) is 2. The van der Waals surface area contributed by atoms with Crippen molar-refractivity contribution in [3.8, 4) is 0 Å². The Morgan fingerprint density at radius 1 is 0.615 bits per heavy atom. The molecule has 2 aliphatic heterocycles. The van der Waals surface area contributed by atoms with Crippen molar-refractivity contribution in [1.29, 1.82) is 0 Å². The van der Waals surface area contributed by atoms with E-state index in [1.165, 1.54) is 0 Å². The van der Waals surface area contributed by atoms with Crippen LogP contribution in [0.4, 0.5) is 11.4 Å². The molecule has 4 amide bonds. The van der Waals surface area contributed by atoms with Crippen LogP contribution >= 0.6 is 0 Å². The first-order chi connectivity index (χ1) is 18.8. The van der Waals surface area contributed by atoms with Crippen molar-refractivity contribution < 1.29 is 19.2 Å². The summed E-state index contributed by atoms with van der Waals surface area (Å²) in [6.07, 6.45) is 4.95. The molecule has 0 aromatic heterocycles. The maximum Gasteiger partial charge on any atom is 0.253 e. The van der Waals surface area contributed by atoms with E-state index in [0.717, 1.165) is 51.9 Å². The number of hydrogen-bond donors (Lipinski definition) is 2. The van der Waals surface area contributed by atoms with Gasteiger partial charge in [-0.05, 0) is 92.5 Å². The van der Waals surface area contributed by atoms with Crippen molar-refractivity contribution in [2.45, 2.75) is 58.8 Å². The number of piperidine rings is 2. The van der Waals surface area contributed by atoms with Crippen LogP contribution in [-0.2, 0) is 9.59 Å². The third-order valence-electron chi connectivity index (χ3n) is 7.78. The first kappa shape index (κ1) is 28.3. The minimum absolute atomic E-state index is 0.0312. The molecule has 8 nitrogen and oxygen atoms in total. The summed E-state index contributed by atoms with van der Waals surface area (Å²) in [6.45, 7) is 7.57. The summed E-state index contributed by atoms with van der Waals surface area (Å²) in [7, 11) is 0. The molecule has 0 radical (unpaired) electrons. The van der Waals surface area contributed by atoms with Gasteiger partial charge in [-0.15, -0.1) is 0 Å². The number of carbonyl (C=O) groups excluding carboxylic acids is 4. The minimum atomic E-state index is -0.179. The van der Waals surface area contributed by atoms with E-state index in [9.17, 15) is 19.2 Å². The number of carbonyl (C=O) groups is 4. The van der Waals surface area contributed by atoms with Gasteiger partial charge in [-0.3, -0.25) is 19.2 Å². The average Bonchev–Trinajstić information content (AvgIpc) is 2.94. The Bertz CT molecular complexity index is 1050. The van der Waals surface area contributed by atoms with Gasteiger partial charge in [-0.25, -0.2) is 0 Å².